The lowest BCUT2D eigenvalue weighted by Gasteiger charge is -2.47. The quantitative estimate of drug-likeness (QED) is 0.175. The van der Waals surface area contributed by atoms with Crippen molar-refractivity contribution in [3.63, 3.8) is 0 Å². The number of aliphatic hydroxyl groups excluding tert-OH is 1. The third-order valence-electron chi connectivity index (χ3n) is 9.39. The second-order valence-corrected chi connectivity index (χ2v) is 15.3. The molecule has 0 saturated heterocycles. The summed E-state index contributed by atoms with van der Waals surface area (Å²) in [5, 5.41) is 22.1. The number of aromatic nitrogens is 3. The van der Waals surface area contributed by atoms with Crippen LogP contribution in [0.25, 0.3) is 0 Å². The standard InChI is InChI=1S/C39H55N7O4/c1-10-11-21-49-29-14-16-30(17-15-29)50-27(4)37(48)40-24-26(3)35-42-36-33(34(38(5,6)7)43-46(36)44-35)41-28-13-18-32-31(22-28)25(2)23-39(8,9)45(32)19-12-20-47/h13-18,22,25-27,47H,10-12,19-21,23-24H2,1-9H3,(H,40,48)/b41-33-. The summed E-state index contributed by atoms with van der Waals surface area (Å²) in [6.07, 6.45) is 3.14. The fourth-order valence-corrected chi connectivity index (χ4v) is 6.63. The van der Waals surface area contributed by atoms with Gasteiger partial charge in [0.1, 0.15) is 17.2 Å². The van der Waals surface area contributed by atoms with Gasteiger partial charge in [-0.25, -0.2) is 9.98 Å². The molecule has 50 heavy (non-hydrogen) atoms. The molecule has 11 nitrogen and oxygen atoms in total. The monoisotopic (exact) mass is 685 g/mol. The highest BCUT2D eigenvalue weighted by Crippen LogP contribution is 2.45. The summed E-state index contributed by atoms with van der Waals surface area (Å²) in [7, 11) is 0. The zero-order valence-corrected chi connectivity index (χ0v) is 31.3. The molecule has 3 aromatic rings. The van der Waals surface area contributed by atoms with Gasteiger partial charge in [-0.05, 0) is 94.0 Å². The molecule has 0 aliphatic carbocycles. The summed E-state index contributed by atoms with van der Waals surface area (Å²) in [6.45, 7) is 21.0. The first-order chi connectivity index (χ1) is 23.7. The Labute approximate surface area is 297 Å². The van der Waals surface area contributed by atoms with Gasteiger partial charge in [0.05, 0.1) is 18.0 Å². The number of carbonyl (C=O) groups is 1. The van der Waals surface area contributed by atoms with Gasteiger partial charge in [0.2, 0.25) is 5.82 Å². The van der Waals surface area contributed by atoms with E-state index in [1.165, 1.54) is 11.3 Å². The fourth-order valence-electron chi connectivity index (χ4n) is 6.63. The number of aliphatic imine (C=N–C) groups is 1. The highest BCUT2D eigenvalue weighted by molar-refractivity contribution is 6.50. The molecule has 3 heterocycles. The second-order valence-electron chi connectivity index (χ2n) is 15.3. The molecule has 0 spiro atoms. The van der Waals surface area contributed by atoms with Gasteiger partial charge in [-0.2, -0.15) is 5.10 Å². The van der Waals surface area contributed by atoms with E-state index < -0.39 is 6.10 Å². The summed E-state index contributed by atoms with van der Waals surface area (Å²) < 4.78 is 11.6. The normalized spacial score (nSPS) is 18.7. The number of aliphatic hydroxyl groups is 1. The molecule has 2 N–H and O–H groups in total. The van der Waals surface area contributed by atoms with E-state index in [9.17, 15) is 9.90 Å². The van der Waals surface area contributed by atoms with E-state index >= 15 is 0 Å². The number of rotatable bonds is 14. The number of unbranched alkanes of at least 4 members (excludes halogenated alkanes) is 1. The van der Waals surface area contributed by atoms with E-state index in [-0.39, 0.29) is 29.4 Å². The van der Waals surface area contributed by atoms with Gasteiger partial charge in [-0.3, -0.25) is 4.79 Å². The predicted molar refractivity (Wildman–Crippen MR) is 199 cm³/mol. The first-order valence-corrected chi connectivity index (χ1v) is 18.1. The molecule has 270 valence electrons. The highest BCUT2D eigenvalue weighted by atomic mass is 16.5. The largest absolute Gasteiger partial charge is 0.494 e. The Morgan fingerprint density at radius 2 is 1.84 bits per heavy atom. The Hall–Kier alpha value is -4.25. The number of benzene rings is 2. The number of hydrogen-bond donors (Lipinski definition) is 2. The lowest BCUT2D eigenvalue weighted by molar-refractivity contribution is -0.127. The predicted octanol–water partition coefficient (Wildman–Crippen LogP) is 7.00. The molecule has 3 atom stereocenters. The van der Waals surface area contributed by atoms with Gasteiger partial charge in [0.25, 0.3) is 5.91 Å². The van der Waals surface area contributed by atoms with Gasteiger partial charge in [-0.1, -0.05) is 48.0 Å². The zero-order chi connectivity index (χ0) is 36.2. The SMILES string of the molecule is CCCCOc1ccc(OC(C)C(=O)NCC(C)c2nc3n(n2)N=C(C(C)(C)C)/C3=N/c2ccc3c(c2)C(C)CC(C)(C)N3CCCO)cc1. The number of nitrogens with zero attached hydrogens (tertiary/aromatic N) is 6. The first kappa shape index (κ1) is 37.0. The number of fused-ring (bicyclic) bond motifs is 2. The molecule has 2 aliphatic rings. The van der Waals surface area contributed by atoms with Crippen molar-refractivity contribution in [2.75, 3.05) is 31.2 Å². The molecule has 0 fully saturated rings. The summed E-state index contributed by atoms with van der Waals surface area (Å²) in [6, 6.07) is 13.7. The van der Waals surface area contributed by atoms with Crippen LogP contribution in [0.3, 0.4) is 0 Å². The zero-order valence-electron chi connectivity index (χ0n) is 31.3. The average Bonchev–Trinajstić information content (AvgIpc) is 3.63. The lowest BCUT2D eigenvalue weighted by atomic mass is 9.80. The van der Waals surface area contributed by atoms with Crippen LogP contribution in [0.1, 0.15) is 117 Å². The Balaban J connectivity index is 1.29. The molecular formula is C39H55N7O4. The number of amides is 1. The Kier molecular flexibility index (Phi) is 11.3. The molecule has 0 radical (unpaired) electrons. The van der Waals surface area contributed by atoms with Crippen molar-refractivity contribution in [1.82, 2.24) is 20.2 Å². The van der Waals surface area contributed by atoms with Gasteiger partial charge in [-0.15, -0.1) is 9.89 Å². The highest BCUT2D eigenvalue weighted by Gasteiger charge is 2.37. The molecule has 0 bridgehead atoms. The number of carbonyl (C=O) groups excluding carboxylic acids is 1. The van der Waals surface area contributed by atoms with E-state index in [1.54, 1.807) is 11.7 Å². The minimum Gasteiger partial charge on any atom is -0.494 e. The van der Waals surface area contributed by atoms with Crippen molar-refractivity contribution in [2.24, 2.45) is 15.5 Å². The Morgan fingerprint density at radius 3 is 2.52 bits per heavy atom. The molecule has 11 heteroatoms. The van der Waals surface area contributed by atoms with Crippen LogP contribution in [-0.4, -0.2) is 75.3 Å². The topological polar surface area (TPSA) is 126 Å². The van der Waals surface area contributed by atoms with Crippen LogP contribution < -0.4 is 19.7 Å². The third kappa shape index (κ3) is 8.37. The number of hydrogen-bond acceptors (Lipinski definition) is 9. The van der Waals surface area contributed by atoms with Gasteiger partial charge in [0.15, 0.2) is 11.9 Å². The molecule has 2 aromatic carbocycles. The van der Waals surface area contributed by atoms with E-state index in [0.29, 0.717) is 42.2 Å². The summed E-state index contributed by atoms with van der Waals surface area (Å²) in [5.41, 5.74) is 4.54. The third-order valence-corrected chi connectivity index (χ3v) is 9.39. The molecule has 1 aromatic heterocycles. The number of anilines is 1. The van der Waals surface area contributed by atoms with Crippen LogP contribution in [-0.2, 0) is 4.79 Å². The molecule has 3 unspecified atom stereocenters. The van der Waals surface area contributed by atoms with Crippen LogP contribution in [0, 0.1) is 5.41 Å². The van der Waals surface area contributed by atoms with Gasteiger partial charge in [0, 0.05) is 42.3 Å². The van der Waals surface area contributed by atoms with E-state index in [2.05, 4.69) is 76.9 Å². The molecular weight excluding hydrogens is 630 g/mol. The minimum atomic E-state index is -0.682. The van der Waals surface area contributed by atoms with Crippen molar-refractivity contribution in [1.29, 1.82) is 0 Å². The molecule has 0 saturated carbocycles. The summed E-state index contributed by atoms with van der Waals surface area (Å²) >= 11 is 0. The van der Waals surface area contributed by atoms with Crippen molar-refractivity contribution in [2.45, 2.75) is 111 Å². The van der Waals surface area contributed by atoms with Gasteiger partial charge >= 0.3 is 0 Å². The van der Waals surface area contributed by atoms with E-state index in [4.69, 9.17) is 29.7 Å². The maximum absolute atomic E-state index is 12.9. The average molecular weight is 686 g/mol. The fraction of sp³-hybridized carbons (Fsp3) is 0.564. The van der Waals surface area contributed by atoms with E-state index in [1.807, 2.05) is 31.2 Å². The second kappa shape index (κ2) is 15.3. The first-order valence-electron chi connectivity index (χ1n) is 18.1. The maximum Gasteiger partial charge on any atom is 0.260 e. The van der Waals surface area contributed by atoms with Crippen molar-refractivity contribution in [3.8, 4) is 11.5 Å². The van der Waals surface area contributed by atoms with Crippen LogP contribution in [0.4, 0.5) is 11.4 Å². The minimum absolute atomic E-state index is 0.00388. The maximum atomic E-state index is 12.9. The summed E-state index contributed by atoms with van der Waals surface area (Å²) in [4.78, 5) is 27.0. The van der Waals surface area contributed by atoms with Crippen molar-refractivity contribution >= 4 is 28.7 Å². The van der Waals surface area contributed by atoms with Gasteiger partial charge < -0.3 is 24.8 Å². The molecule has 1 amide bonds. The molecule has 2 aliphatic heterocycles. The smallest absolute Gasteiger partial charge is 0.260 e. The van der Waals surface area contributed by atoms with Crippen LogP contribution in [0.5, 0.6) is 11.5 Å². The molecule has 5 rings (SSSR count). The van der Waals surface area contributed by atoms with Crippen molar-refractivity contribution < 1.29 is 19.4 Å². The number of ether oxygens (including phenoxy) is 2. The Morgan fingerprint density at radius 1 is 1.12 bits per heavy atom. The number of nitrogens with one attached hydrogen (secondary N) is 1. The lowest BCUT2D eigenvalue weighted by Crippen LogP contribution is -2.48. The summed E-state index contributed by atoms with van der Waals surface area (Å²) in [5.74, 6) is 2.53. The van der Waals surface area contributed by atoms with Crippen LogP contribution in [0.15, 0.2) is 52.6 Å². The van der Waals surface area contributed by atoms with E-state index in [0.717, 1.165) is 49.4 Å². The van der Waals surface area contributed by atoms with Crippen LogP contribution in [0.2, 0.25) is 0 Å². The Bertz CT molecular complexity index is 1700. The van der Waals surface area contributed by atoms with Crippen LogP contribution >= 0.6 is 0 Å². The van der Waals surface area contributed by atoms with Crippen molar-refractivity contribution in [3.05, 3.63) is 59.7 Å².